The molecule has 0 bridgehead atoms. The number of anilines is 1. The highest BCUT2D eigenvalue weighted by Gasteiger charge is 2.31. The van der Waals surface area contributed by atoms with Crippen molar-refractivity contribution in [2.24, 2.45) is 0 Å². The number of hydrogen-bond acceptors (Lipinski definition) is 6. The Morgan fingerprint density at radius 1 is 1.09 bits per heavy atom. The third-order valence-corrected chi connectivity index (χ3v) is 5.84. The molecule has 2 aromatic rings. The van der Waals surface area contributed by atoms with Crippen molar-refractivity contribution < 1.29 is 23.9 Å². The monoisotopic (exact) mass is 482 g/mol. The summed E-state index contributed by atoms with van der Waals surface area (Å²) >= 11 is 0. The summed E-state index contributed by atoms with van der Waals surface area (Å²) in [6.07, 6.45) is 2.68. The van der Waals surface area contributed by atoms with Crippen LogP contribution in [-0.4, -0.2) is 81.0 Å². The Labute approximate surface area is 206 Å². The van der Waals surface area contributed by atoms with E-state index in [0.29, 0.717) is 29.3 Å². The second-order valence-electron chi connectivity index (χ2n) is 8.63. The molecule has 3 amide bonds. The van der Waals surface area contributed by atoms with Crippen LogP contribution in [0.15, 0.2) is 48.5 Å². The molecule has 0 radical (unpaired) electrons. The first kappa shape index (κ1) is 26.0. The van der Waals surface area contributed by atoms with E-state index >= 15 is 0 Å². The molecule has 0 unspecified atom stereocenters. The van der Waals surface area contributed by atoms with E-state index in [0.717, 1.165) is 32.4 Å². The van der Waals surface area contributed by atoms with E-state index in [2.05, 4.69) is 15.5 Å². The van der Waals surface area contributed by atoms with Crippen LogP contribution in [-0.2, 0) is 9.59 Å². The summed E-state index contributed by atoms with van der Waals surface area (Å²) in [6.45, 7) is 2.06. The molecule has 2 aromatic carbocycles. The van der Waals surface area contributed by atoms with E-state index in [1.807, 2.05) is 0 Å². The minimum absolute atomic E-state index is 0.0501. The first-order valence-electron chi connectivity index (χ1n) is 11.8. The van der Waals surface area contributed by atoms with Gasteiger partial charge in [0.25, 0.3) is 11.8 Å². The fourth-order valence-electron chi connectivity index (χ4n) is 4.01. The van der Waals surface area contributed by atoms with Crippen LogP contribution in [0.5, 0.6) is 11.5 Å². The molecule has 1 saturated heterocycles. The fraction of sp³-hybridized carbons (Fsp3) is 0.423. The van der Waals surface area contributed by atoms with E-state index in [4.69, 9.17) is 9.47 Å². The van der Waals surface area contributed by atoms with Crippen molar-refractivity contribution in [2.75, 3.05) is 52.8 Å². The number of likely N-dealkylation sites (tertiary alicyclic amines) is 1. The van der Waals surface area contributed by atoms with Gasteiger partial charge in [-0.1, -0.05) is 6.07 Å². The van der Waals surface area contributed by atoms with Crippen LogP contribution in [0.25, 0.3) is 0 Å². The Morgan fingerprint density at radius 3 is 2.57 bits per heavy atom. The average molecular weight is 483 g/mol. The summed E-state index contributed by atoms with van der Waals surface area (Å²) in [6, 6.07) is 13.7. The number of nitrogens with zero attached hydrogens (tertiary/aromatic N) is 2. The molecule has 1 heterocycles. The Hall–Kier alpha value is -3.59. The van der Waals surface area contributed by atoms with Gasteiger partial charge >= 0.3 is 0 Å². The number of carbonyl (C=O) groups excluding carboxylic acids is 3. The highest BCUT2D eigenvalue weighted by Crippen LogP contribution is 2.19. The van der Waals surface area contributed by atoms with Crippen molar-refractivity contribution in [1.29, 1.82) is 0 Å². The molecule has 1 aliphatic heterocycles. The van der Waals surface area contributed by atoms with Gasteiger partial charge in [0.1, 0.15) is 11.5 Å². The molecule has 2 N–H and O–H groups in total. The van der Waals surface area contributed by atoms with Crippen LogP contribution in [0, 0.1) is 0 Å². The lowest BCUT2D eigenvalue weighted by atomic mass is 10.2. The number of methoxy groups -OCH3 is 1. The molecule has 0 spiro atoms. The lowest BCUT2D eigenvalue weighted by molar-refractivity contribution is -0.133. The normalized spacial score (nSPS) is 15.3. The van der Waals surface area contributed by atoms with Crippen molar-refractivity contribution in [3.63, 3.8) is 0 Å². The molecular formula is C26H34N4O5. The first-order valence-corrected chi connectivity index (χ1v) is 11.8. The molecule has 1 atom stereocenters. The van der Waals surface area contributed by atoms with Crippen LogP contribution in [0.1, 0.15) is 29.6 Å². The zero-order chi connectivity index (χ0) is 25.2. The first-order chi connectivity index (χ1) is 16.9. The van der Waals surface area contributed by atoms with E-state index < -0.39 is 0 Å². The highest BCUT2D eigenvalue weighted by molar-refractivity contribution is 5.94. The predicted octanol–water partition coefficient (Wildman–Crippen LogP) is 2.39. The maximum absolute atomic E-state index is 12.4. The summed E-state index contributed by atoms with van der Waals surface area (Å²) < 4.78 is 10.7. The van der Waals surface area contributed by atoms with Gasteiger partial charge < -0.3 is 25.0 Å². The molecule has 0 aliphatic carbocycles. The summed E-state index contributed by atoms with van der Waals surface area (Å²) in [4.78, 5) is 40.7. The van der Waals surface area contributed by atoms with Crippen LogP contribution in [0.4, 0.5) is 5.69 Å². The van der Waals surface area contributed by atoms with Gasteiger partial charge in [0.15, 0.2) is 6.61 Å². The zero-order valence-electron chi connectivity index (χ0n) is 20.6. The van der Waals surface area contributed by atoms with Gasteiger partial charge in [0.2, 0.25) is 5.91 Å². The molecule has 0 aromatic heterocycles. The van der Waals surface area contributed by atoms with Gasteiger partial charge in [0.05, 0.1) is 13.2 Å². The van der Waals surface area contributed by atoms with Crippen molar-refractivity contribution in [3.05, 3.63) is 54.1 Å². The van der Waals surface area contributed by atoms with E-state index in [1.165, 1.54) is 0 Å². The predicted molar refractivity (Wildman–Crippen MR) is 134 cm³/mol. The number of hydrogen-bond donors (Lipinski definition) is 2. The molecule has 9 nitrogen and oxygen atoms in total. The standard InChI is InChI=1S/C26H34N4O5/c1-29(2)26(33)23-9-5-15-30(23)16-6-14-27-25(32)19-10-12-21(13-11-19)35-18-24(31)28-20-7-4-8-22(17-20)34-3/h4,7-8,10-13,17,23H,5-6,9,14-16,18H2,1-3H3,(H,27,32)(H,28,31)/t23-/m1/s1. The lowest BCUT2D eigenvalue weighted by Gasteiger charge is -2.26. The Balaban J connectivity index is 1.37. The second kappa shape index (κ2) is 12.8. The number of nitrogens with one attached hydrogen (secondary N) is 2. The van der Waals surface area contributed by atoms with Crippen molar-refractivity contribution in [2.45, 2.75) is 25.3 Å². The van der Waals surface area contributed by atoms with E-state index in [9.17, 15) is 14.4 Å². The van der Waals surface area contributed by atoms with E-state index in [1.54, 1.807) is 74.6 Å². The SMILES string of the molecule is COc1cccc(NC(=O)COc2ccc(C(=O)NCCCN3CCC[C@@H]3C(=O)N(C)C)cc2)c1. The fourth-order valence-corrected chi connectivity index (χ4v) is 4.01. The summed E-state index contributed by atoms with van der Waals surface area (Å²) in [5.74, 6) is 0.819. The number of ether oxygens (including phenoxy) is 2. The van der Waals surface area contributed by atoms with Crippen LogP contribution in [0.2, 0.25) is 0 Å². The maximum Gasteiger partial charge on any atom is 0.262 e. The van der Waals surface area contributed by atoms with Crippen LogP contribution >= 0.6 is 0 Å². The molecule has 0 saturated carbocycles. The van der Waals surface area contributed by atoms with Gasteiger partial charge in [0, 0.05) is 44.5 Å². The van der Waals surface area contributed by atoms with Crippen molar-refractivity contribution in [3.8, 4) is 11.5 Å². The number of carbonyl (C=O) groups is 3. The average Bonchev–Trinajstić information content (AvgIpc) is 3.33. The Bertz CT molecular complexity index is 1010. The Morgan fingerprint density at radius 2 is 1.86 bits per heavy atom. The number of likely N-dealkylation sites (N-methyl/N-ethyl adjacent to an activating group) is 1. The van der Waals surface area contributed by atoms with Gasteiger partial charge in [-0.15, -0.1) is 0 Å². The smallest absolute Gasteiger partial charge is 0.262 e. The largest absolute Gasteiger partial charge is 0.497 e. The quantitative estimate of drug-likeness (QED) is 0.477. The molecule has 9 heteroatoms. The number of amides is 3. The van der Waals surface area contributed by atoms with E-state index in [-0.39, 0.29) is 30.4 Å². The van der Waals surface area contributed by atoms with Crippen LogP contribution < -0.4 is 20.1 Å². The molecule has 188 valence electrons. The third kappa shape index (κ3) is 7.71. The highest BCUT2D eigenvalue weighted by atomic mass is 16.5. The van der Waals surface area contributed by atoms with Gasteiger partial charge in [-0.2, -0.15) is 0 Å². The minimum Gasteiger partial charge on any atom is -0.497 e. The summed E-state index contributed by atoms with van der Waals surface area (Å²) in [5.41, 5.74) is 1.13. The zero-order valence-corrected chi connectivity index (χ0v) is 20.6. The summed E-state index contributed by atoms with van der Waals surface area (Å²) in [7, 11) is 5.13. The summed E-state index contributed by atoms with van der Waals surface area (Å²) in [5, 5.41) is 5.67. The van der Waals surface area contributed by atoms with Gasteiger partial charge in [-0.3, -0.25) is 19.3 Å². The van der Waals surface area contributed by atoms with Crippen molar-refractivity contribution in [1.82, 2.24) is 15.1 Å². The molecule has 1 aliphatic rings. The van der Waals surface area contributed by atoms with Gasteiger partial charge in [-0.05, 0) is 62.2 Å². The Kier molecular flexibility index (Phi) is 9.48. The van der Waals surface area contributed by atoms with Gasteiger partial charge in [-0.25, -0.2) is 0 Å². The number of benzene rings is 2. The van der Waals surface area contributed by atoms with Crippen molar-refractivity contribution >= 4 is 23.4 Å². The molecular weight excluding hydrogens is 448 g/mol. The topological polar surface area (TPSA) is 100 Å². The molecule has 3 rings (SSSR count). The third-order valence-electron chi connectivity index (χ3n) is 5.84. The second-order valence-corrected chi connectivity index (χ2v) is 8.63. The minimum atomic E-state index is -0.299. The number of rotatable bonds is 11. The molecule has 35 heavy (non-hydrogen) atoms. The molecule has 1 fully saturated rings. The van der Waals surface area contributed by atoms with Crippen LogP contribution in [0.3, 0.4) is 0 Å². The maximum atomic E-state index is 12.4. The lowest BCUT2D eigenvalue weighted by Crippen LogP contribution is -2.43.